The van der Waals surface area contributed by atoms with Crippen LogP contribution >= 0.6 is 15.6 Å². The lowest BCUT2D eigenvalue weighted by Crippen LogP contribution is -2.34. The van der Waals surface area contributed by atoms with Gasteiger partial charge in [0.05, 0.1) is 19.5 Å². The van der Waals surface area contributed by atoms with Crippen molar-refractivity contribution >= 4 is 38.4 Å². The highest BCUT2D eigenvalue weighted by Crippen LogP contribution is 2.49. The predicted octanol–water partition coefficient (Wildman–Crippen LogP) is -2.23. The smallest absolute Gasteiger partial charge is 0.387 e. The maximum Gasteiger partial charge on any atom is 0.472 e. The van der Waals surface area contributed by atoms with Crippen molar-refractivity contribution in [1.29, 1.82) is 0 Å². The monoisotopic (exact) mass is 636 g/mol. The summed E-state index contributed by atoms with van der Waals surface area (Å²) < 4.78 is 52.3. The van der Waals surface area contributed by atoms with Gasteiger partial charge in [0.2, 0.25) is 0 Å². The molecule has 230 valence electrons. The Kier molecular flexibility index (Phi) is 8.47. The molecule has 0 bridgehead atoms. The minimum Gasteiger partial charge on any atom is -0.387 e. The summed E-state index contributed by atoms with van der Waals surface area (Å²) >= 11 is 0. The largest absolute Gasteiger partial charge is 0.472 e. The van der Waals surface area contributed by atoms with Gasteiger partial charge in [-0.25, -0.2) is 28.9 Å². The normalized spacial score (nSPS) is 29.7. The van der Waals surface area contributed by atoms with Gasteiger partial charge in [0.25, 0.3) is 0 Å². The number of aromatic nitrogens is 6. The molecular weight excluding hydrogens is 610 g/mol. The molecule has 5 heterocycles. The minimum atomic E-state index is -4.99. The summed E-state index contributed by atoms with van der Waals surface area (Å²) in [6, 6.07) is 1.29. The van der Waals surface area contributed by atoms with Gasteiger partial charge in [0.1, 0.15) is 54.4 Å². The number of imidazole rings is 1. The fraction of sp³-hybridized carbons (Fsp3) is 0.526. The van der Waals surface area contributed by atoms with Crippen LogP contribution in [0.2, 0.25) is 0 Å². The minimum absolute atomic E-state index is 0.0704. The Morgan fingerprint density at radius 1 is 1.00 bits per heavy atom. The van der Waals surface area contributed by atoms with E-state index < -0.39 is 77.5 Å². The SMILES string of the molecule is Nc1ccn(C2C[C@H](OP(=O)(O)OC[C@H]3OC(n4cnc5c(N)ncnc54)[C@H](O)[C@@H]3O)[C@@H](COP(=O)(O)O)O2)c(=O)n1. The highest BCUT2D eigenvalue weighted by atomic mass is 31.2. The van der Waals surface area contributed by atoms with Crippen LogP contribution in [-0.2, 0) is 32.2 Å². The van der Waals surface area contributed by atoms with Gasteiger partial charge in [-0.3, -0.25) is 22.7 Å². The Bertz CT molecular complexity index is 1600. The van der Waals surface area contributed by atoms with E-state index in [-0.39, 0.29) is 29.2 Å². The molecule has 5 rings (SSSR count). The Labute approximate surface area is 234 Å². The third-order valence-corrected chi connectivity index (χ3v) is 7.92. The fourth-order valence-electron chi connectivity index (χ4n) is 4.47. The lowest BCUT2D eigenvalue weighted by Gasteiger charge is -2.22. The molecule has 0 spiro atoms. The van der Waals surface area contributed by atoms with Gasteiger partial charge in [-0.15, -0.1) is 0 Å². The Morgan fingerprint density at radius 3 is 2.45 bits per heavy atom. The molecule has 2 saturated heterocycles. The molecule has 9 N–H and O–H groups in total. The predicted molar refractivity (Wildman–Crippen MR) is 136 cm³/mol. The number of aliphatic hydroxyl groups is 2. The van der Waals surface area contributed by atoms with E-state index in [2.05, 4.69) is 24.5 Å². The van der Waals surface area contributed by atoms with Gasteiger partial charge in [-0.1, -0.05) is 0 Å². The number of nitrogen functional groups attached to an aromatic ring is 2. The molecule has 0 amide bonds. The zero-order valence-corrected chi connectivity index (χ0v) is 23.0. The number of ether oxygens (including phenoxy) is 2. The van der Waals surface area contributed by atoms with E-state index in [0.29, 0.717) is 0 Å². The van der Waals surface area contributed by atoms with Crippen molar-refractivity contribution in [2.75, 3.05) is 24.7 Å². The standard InChI is InChI=1S/C19H26N8O13P2/c20-11-1-2-26(19(30)25-11)12-3-8(9(38-12)4-36-41(31,32)33)40-42(34,35)37-5-10-14(28)15(29)18(39-10)27-7-24-13-16(21)22-6-23-17(13)27/h1-2,6-10,12,14-15,18,28-29H,3-5H2,(H,34,35)(H2,20,25,30)(H2,21,22,23)(H2,31,32,33)/t8-,9+,10+,12?,14+,15+,18?/m0/s1. The van der Waals surface area contributed by atoms with Gasteiger partial charge < -0.3 is 45.8 Å². The van der Waals surface area contributed by atoms with Crippen molar-refractivity contribution in [2.24, 2.45) is 0 Å². The topological polar surface area (TPSA) is 312 Å². The number of hydrogen-bond donors (Lipinski definition) is 7. The fourth-order valence-corrected chi connectivity index (χ4v) is 5.77. The van der Waals surface area contributed by atoms with Gasteiger partial charge in [-0.2, -0.15) is 4.98 Å². The van der Waals surface area contributed by atoms with Crippen LogP contribution in [0.15, 0.2) is 29.7 Å². The molecule has 0 aromatic carbocycles. The van der Waals surface area contributed by atoms with Crippen LogP contribution < -0.4 is 17.2 Å². The Morgan fingerprint density at radius 2 is 1.74 bits per heavy atom. The number of hydrogen-bond acceptors (Lipinski definition) is 16. The first kappa shape index (κ1) is 30.5. The van der Waals surface area contributed by atoms with E-state index in [4.69, 9.17) is 39.8 Å². The first-order chi connectivity index (χ1) is 19.7. The lowest BCUT2D eigenvalue weighted by molar-refractivity contribution is -0.0588. The molecular formula is C19H26N8O13P2. The molecule has 3 aromatic rings. The van der Waals surface area contributed by atoms with Crippen molar-refractivity contribution < 1.29 is 57.1 Å². The second-order valence-corrected chi connectivity index (χ2v) is 11.9. The first-order valence-electron chi connectivity index (χ1n) is 12.0. The summed E-state index contributed by atoms with van der Waals surface area (Å²) in [6.07, 6.45) is -6.12. The van der Waals surface area contributed by atoms with Crippen molar-refractivity contribution in [3.63, 3.8) is 0 Å². The second-order valence-electron chi connectivity index (χ2n) is 9.23. The van der Waals surface area contributed by atoms with Crippen LogP contribution in [0.5, 0.6) is 0 Å². The highest BCUT2D eigenvalue weighted by molar-refractivity contribution is 7.47. The van der Waals surface area contributed by atoms with Crippen molar-refractivity contribution in [3.05, 3.63) is 35.4 Å². The van der Waals surface area contributed by atoms with Crippen LogP contribution in [0.25, 0.3) is 11.2 Å². The lowest BCUT2D eigenvalue weighted by atomic mass is 10.1. The molecule has 8 atom stereocenters. The molecule has 42 heavy (non-hydrogen) atoms. The van der Waals surface area contributed by atoms with E-state index in [1.165, 1.54) is 29.5 Å². The summed E-state index contributed by atoms with van der Waals surface area (Å²) in [5.74, 6) is 0.00388. The zero-order valence-electron chi connectivity index (χ0n) is 21.2. The van der Waals surface area contributed by atoms with Crippen LogP contribution in [-0.4, -0.2) is 97.7 Å². The molecule has 0 saturated carbocycles. The van der Waals surface area contributed by atoms with Crippen molar-refractivity contribution in [3.8, 4) is 0 Å². The van der Waals surface area contributed by atoms with Gasteiger partial charge in [-0.05, 0) is 6.07 Å². The first-order valence-corrected chi connectivity index (χ1v) is 15.1. The summed E-state index contributed by atoms with van der Waals surface area (Å²) in [5.41, 5.74) is 10.9. The van der Waals surface area contributed by atoms with E-state index in [1.807, 2.05) is 0 Å². The summed E-state index contributed by atoms with van der Waals surface area (Å²) in [5, 5.41) is 21.1. The maximum absolute atomic E-state index is 12.9. The van der Waals surface area contributed by atoms with Gasteiger partial charge in [0.15, 0.2) is 17.7 Å². The molecule has 21 nitrogen and oxygen atoms in total. The van der Waals surface area contributed by atoms with E-state index >= 15 is 0 Å². The van der Waals surface area contributed by atoms with E-state index in [0.717, 1.165) is 4.57 Å². The summed E-state index contributed by atoms with van der Waals surface area (Å²) in [4.78, 5) is 56.3. The molecule has 2 aliphatic rings. The average Bonchev–Trinajstić information content (AvgIpc) is 3.58. The average molecular weight is 636 g/mol. The van der Waals surface area contributed by atoms with Crippen LogP contribution in [0.4, 0.5) is 11.6 Å². The number of nitrogens with zero attached hydrogens (tertiary/aromatic N) is 6. The van der Waals surface area contributed by atoms with Crippen LogP contribution in [0.1, 0.15) is 18.9 Å². The molecule has 2 aliphatic heterocycles. The zero-order chi connectivity index (χ0) is 30.4. The number of aliphatic hydroxyl groups excluding tert-OH is 2. The number of phosphoric ester groups is 2. The van der Waals surface area contributed by atoms with E-state index in [1.54, 1.807) is 0 Å². The Balaban J connectivity index is 1.26. The maximum atomic E-state index is 12.9. The summed E-state index contributed by atoms with van der Waals surface area (Å²) in [6.45, 7) is -1.53. The molecule has 23 heteroatoms. The molecule has 3 aromatic heterocycles. The highest BCUT2D eigenvalue weighted by Gasteiger charge is 2.47. The molecule has 2 fully saturated rings. The van der Waals surface area contributed by atoms with E-state index in [9.17, 15) is 29.0 Å². The van der Waals surface area contributed by atoms with Gasteiger partial charge >= 0.3 is 21.3 Å². The van der Waals surface area contributed by atoms with Crippen molar-refractivity contribution in [2.45, 2.75) is 49.4 Å². The third kappa shape index (κ3) is 6.52. The quantitative estimate of drug-likeness (QED) is 0.116. The number of rotatable bonds is 10. The number of fused-ring (bicyclic) bond motifs is 1. The molecule has 3 unspecified atom stereocenters. The molecule has 0 aliphatic carbocycles. The number of anilines is 2. The Hall–Kier alpha value is -2.91. The van der Waals surface area contributed by atoms with Crippen LogP contribution in [0, 0.1) is 0 Å². The van der Waals surface area contributed by atoms with Crippen LogP contribution in [0.3, 0.4) is 0 Å². The number of phosphoric acid groups is 2. The number of nitrogens with two attached hydrogens (primary N) is 2. The third-order valence-electron chi connectivity index (χ3n) is 6.42. The van der Waals surface area contributed by atoms with Crippen molar-refractivity contribution in [1.82, 2.24) is 29.1 Å². The molecule has 0 radical (unpaired) electrons. The summed E-state index contributed by atoms with van der Waals surface area (Å²) in [7, 11) is -9.96. The second kappa shape index (κ2) is 11.6. The van der Waals surface area contributed by atoms with Gasteiger partial charge in [0, 0.05) is 12.6 Å².